The monoisotopic (exact) mass is 295 g/mol. The number of hydrogen-bond acceptors (Lipinski definition) is 5. The van der Waals surface area contributed by atoms with E-state index in [1.807, 2.05) is 6.92 Å². The molecule has 19 heavy (non-hydrogen) atoms. The number of methoxy groups -OCH3 is 1. The van der Waals surface area contributed by atoms with Crippen molar-refractivity contribution >= 4 is 28.6 Å². The van der Waals surface area contributed by atoms with E-state index in [9.17, 15) is 4.79 Å². The molecule has 102 valence electrons. The average molecular weight is 295 g/mol. The smallest absolute Gasteiger partial charge is 0.357 e. The molecule has 0 aliphatic carbocycles. The normalized spacial score (nSPS) is 11.6. The van der Waals surface area contributed by atoms with E-state index in [2.05, 4.69) is 37.9 Å². The van der Waals surface area contributed by atoms with Gasteiger partial charge in [0.25, 0.3) is 0 Å². The zero-order valence-corrected chi connectivity index (χ0v) is 13.4. The van der Waals surface area contributed by atoms with Crippen LogP contribution in [0.3, 0.4) is 0 Å². The van der Waals surface area contributed by atoms with Crippen molar-refractivity contribution in [3.05, 3.63) is 27.6 Å². The second kappa shape index (κ2) is 5.06. The lowest BCUT2D eigenvalue weighted by molar-refractivity contribution is 0.0594. The number of carbonyl (C=O) groups is 1. The summed E-state index contributed by atoms with van der Waals surface area (Å²) < 4.78 is 4.73. The van der Waals surface area contributed by atoms with Gasteiger partial charge in [0, 0.05) is 9.75 Å². The minimum Gasteiger partial charge on any atom is -0.464 e. The molecule has 0 saturated heterocycles. The molecule has 0 aliphatic rings. The molecular weight excluding hydrogens is 278 g/mol. The van der Waals surface area contributed by atoms with Crippen molar-refractivity contribution < 1.29 is 9.53 Å². The molecule has 0 radical (unpaired) electrons. The fourth-order valence-electron chi connectivity index (χ4n) is 1.64. The zero-order chi connectivity index (χ0) is 14.2. The molecule has 3 nitrogen and oxygen atoms in total. The first-order valence-electron chi connectivity index (χ1n) is 5.99. The number of carbonyl (C=O) groups excluding carboxylic acids is 1. The van der Waals surface area contributed by atoms with Gasteiger partial charge < -0.3 is 4.74 Å². The highest BCUT2D eigenvalue weighted by Gasteiger charge is 2.20. The highest BCUT2D eigenvalue weighted by Crippen LogP contribution is 2.37. The second-order valence-electron chi connectivity index (χ2n) is 5.33. The van der Waals surface area contributed by atoms with Gasteiger partial charge in [-0.2, -0.15) is 0 Å². The Balaban J connectivity index is 2.38. The fraction of sp³-hybridized carbons (Fsp3) is 0.429. The Hall–Kier alpha value is -1.20. The highest BCUT2D eigenvalue weighted by atomic mass is 32.1. The fourth-order valence-corrected chi connectivity index (χ4v) is 3.66. The zero-order valence-electron chi connectivity index (χ0n) is 11.7. The third kappa shape index (κ3) is 2.87. The van der Waals surface area contributed by atoms with Crippen LogP contribution < -0.4 is 0 Å². The Morgan fingerprint density at radius 1 is 1.26 bits per heavy atom. The highest BCUT2D eigenvalue weighted by molar-refractivity contribution is 7.22. The number of aryl methyl sites for hydroxylation is 1. The van der Waals surface area contributed by atoms with Gasteiger partial charge in [-0.3, -0.25) is 0 Å². The van der Waals surface area contributed by atoms with Gasteiger partial charge >= 0.3 is 5.97 Å². The van der Waals surface area contributed by atoms with Gasteiger partial charge in [-0.05, 0) is 24.5 Å². The first-order chi connectivity index (χ1) is 8.82. The number of ether oxygens (including phenoxy) is 1. The molecule has 0 fully saturated rings. The van der Waals surface area contributed by atoms with Crippen molar-refractivity contribution in [1.82, 2.24) is 4.98 Å². The molecule has 0 aliphatic heterocycles. The Kier molecular flexibility index (Phi) is 3.78. The number of rotatable bonds is 2. The molecule has 2 aromatic heterocycles. The number of nitrogens with zero attached hydrogens (tertiary/aromatic N) is 1. The van der Waals surface area contributed by atoms with E-state index in [0.29, 0.717) is 5.69 Å². The van der Waals surface area contributed by atoms with Crippen LogP contribution >= 0.6 is 22.7 Å². The summed E-state index contributed by atoms with van der Waals surface area (Å²) in [6.45, 7) is 8.46. The third-order valence-corrected chi connectivity index (χ3v) is 5.38. The van der Waals surface area contributed by atoms with Crippen molar-refractivity contribution in [3.63, 3.8) is 0 Å². The minimum atomic E-state index is -0.368. The summed E-state index contributed by atoms with van der Waals surface area (Å²) in [5.74, 6) is -0.368. The van der Waals surface area contributed by atoms with Crippen LogP contribution in [-0.2, 0) is 10.2 Å². The van der Waals surface area contributed by atoms with Crippen LogP contribution in [0.1, 0.15) is 41.0 Å². The second-order valence-corrected chi connectivity index (χ2v) is 7.62. The molecule has 0 atom stereocenters. The standard InChI is InChI=1S/C14H17NO2S2/c1-8-11(13(16)17-5)15-12(18-8)9-6-7-10(19-9)14(2,3)4/h6-7H,1-5H3. The van der Waals surface area contributed by atoms with Crippen LogP contribution in [-0.4, -0.2) is 18.1 Å². The Labute approximate surface area is 121 Å². The maximum atomic E-state index is 11.6. The van der Waals surface area contributed by atoms with Crippen LogP contribution in [0.25, 0.3) is 9.88 Å². The van der Waals surface area contributed by atoms with E-state index < -0.39 is 0 Å². The topological polar surface area (TPSA) is 39.2 Å². The van der Waals surface area contributed by atoms with E-state index in [-0.39, 0.29) is 11.4 Å². The van der Waals surface area contributed by atoms with E-state index in [1.165, 1.54) is 23.3 Å². The van der Waals surface area contributed by atoms with Crippen LogP contribution in [0.2, 0.25) is 0 Å². The predicted octanol–water partition coefficient (Wildman–Crippen LogP) is 4.26. The van der Waals surface area contributed by atoms with Crippen LogP contribution in [0.15, 0.2) is 12.1 Å². The molecule has 0 amide bonds. The lowest BCUT2D eigenvalue weighted by Crippen LogP contribution is -2.07. The van der Waals surface area contributed by atoms with Gasteiger partial charge in [0.05, 0.1) is 12.0 Å². The van der Waals surface area contributed by atoms with Gasteiger partial charge in [0.1, 0.15) is 5.01 Å². The summed E-state index contributed by atoms with van der Waals surface area (Å²) >= 11 is 3.26. The van der Waals surface area contributed by atoms with Crippen LogP contribution in [0.4, 0.5) is 0 Å². The van der Waals surface area contributed by atoms with Crippen molar-refractivity contribution in [2.45, 2.75) is 33.1 Å². The maximum absolute atomic E-state index is 11.6. The van der Waals surface area contributed by atoms with Crippen molar-refractivity contribution in [1.29, 1.82) is 0 Å². The van der Waals surface area contributed by atoms with E-state index >= 15 is 0 Å². The summed E-state index contributed by atoms with van der Waals surface area (Å²) in [4.78, 5) is 19.3. The number of thiazole rings is 1. The van der Waals surface area contributed by atoms with Crippen LogP contribution in [0, 0.1) is 6.92 Å². The van der Waals surface area contributed by atoms with Crippen LogP contribution in [0.5, 0.6) is 0 Å². The molecule has 0 aromatic carbocycles. The summed E-state index contributed by atoms with van der Waals surface area (Å²) in [5, 5.41) is 0.887. The van der Waals surface area contributed by atoms with E-state index in [0.717, 1.165) is 14.8 Å². The molecule has 0 saturated carbocycles. The largest absolute Gasteiger partial charge is 0.464 e. The molecule has 0 bridgehead atoms. The Bertz CT molecular complexity index is 605. The van der Waals surface area contributed by atoms with Crippen molar-refractivity contribution in [2.24, 2.45) is 0 Å². The maximum Gasteiger partial charge on any atom is 0.357 e. The number of aromatic nitrogens is 1. The first-order valence-corrected chi connectivity index (χ1v) is 7.62. The molecule has 2 aromatic rings. The predicted molar refractivity (Wildman–Crippen MR) is 80.2 cm³/mol. The van der Waals surface area contributed by atoms with Crippen molar-refractivity contribution in [2.75, 3.05) is 7.11 Å². The van der Waals surface area contributed by atoms with Gasteiger partial charge in [-0.1, -0.05) is 20.8 Å². The van der Waals surface area contributed by atoms with Crippen molar-refractivity contribution in [3.8, 4) is 9.88 Å². The lowest BCUT2D eigenvalue weighted by atomic mass is 9.95. The molecule has 2 rings (SSSR count). The molecule has 0 unspecified atom stereocenters. The molecular formula is C14H17NO2S2. The Morgan fingerprint density at radius 2 is 1.95 bits per heavy atom. The third-order valence-electron chi connectivity index (χ3n) is 2.73. The lowest BCUT2D eigenvalue weighted by Gasteiger charge is -2.15. The van der Waals surface area contributed by atoms with Gasteiger partial charge in [0.15, 0.2) is 5.69 Å². The summed E-state index contributed by atoms with van der Waals surface area (Å²) in [7, 11) is 1.38. The summed E-state index contributed by atoms with van der Waals surface area (Å²) in [6, 6.07) is 4.21. The van der Waals surface area contributed by atoms with Gasteiger partial charge in [-0.15, -0.1) is 22.7 Å². The number of hydrogen-bond donors (Lipinski definition) is 0. The number of thiophene rings is 1. The first kappa shape index (κ1) is 14.2. The average Bonchev–Trinajstić information content (AvgIpc) is 2.93. The summed E-state index contributed by atoms with van der Waals surface area (Å²) in [5.41, 5.74) is 0.564. The minimum absolute atomic E-state index is 0.139. The molecule has 2 heterocycles. The molecule has 0 spiro atoms. The molecule has 5 heteroatoms. The van der Waals surface area contributed by atoms with E-state index in [1.54, 1.807) is 11.3 Å². The van der Waals surface area contributed by atoms with Gasteiger partial charge in [-0.25, -0.2) is 9.78 Å². The van der Waals surface area contributed by atoms with E-state index in [4.69, 9.17) is 4.74 Å². The van der Waals surface area contributed by atoms with Gasteiger partial charge in [0.2, 0.25) is 0 Å². The summed E-state index contributed by atoms with van der Waals surface area (Å²) in [6.07, 6.45) is 0. The quantitative estimate of drug-likeness (QED) is 0.777. The Morgan fingerprint density at radius 3 is 2.47 bits per heavy atom. The SMILES string of the molecule is COC(=O)c1nc(-c2ccc(C(C)(C)C)s2)sc1C. The number of esters is 1. The molecule has 0 N–H and O–H groups in total.